The molecule has 2 rings (SSSR count). The second kappa shape index (κ2) is 14.5. The number of amides is 1. The van der Waals surface area contributed by atoms with E-state index in [1.165, 1.54) is 5.56 Å². The second-order valence-electron chi connectivity index (χ2n) is 7.56. The molecule has 31 heavy (non-hydrogen) atoms. The molecule has 0 bridgehead atoms. The first-order chi connectivity index (χ1) is 14.6. The predicted molar refractivity (Wildman–Crippen MR) is 137 cm³/mol. The van der Waals surface area contributed by atoms with Crippen molar-refractivity contribution in [1.82, 2.24) is 15.5 Å². The number of guanidine groups is 1. The van der Waals surface area contributed by atoms with Crippen LogP contribution in [0.2, 0.25) is 0 Å². The summed E-state index contributed by atoms with van der Waals surface area (Å²) >= 11 is 0. The SMILES string of the molecule is CCNC(=NCC1(c2ccc(OC)cc2)CCOCC1)NCCC(=O)N(CC)CC.I. The van der Waals surface area contributed by atoms with E-state index in [1.807, 2.05) is 37.8 Å². The average Bonchev–Trinajstić information content (AvgIpc) is 2.79. The summed E-state index contributed by atoms with van der Waals surface area (Å²) in [5.74, 6) is 1.78. The molecule has 176 valence electrons. The summed E-state index contributed by atoms with van der Waals surface area (Å²) in [7, 11) is 1.68. The van der Waals surface area contributed by atoms with E-state index in [1.54, 1.807) is 7.11 Å². The number of carbonyl (C=O) groups excluding carboxylic acids is 1. The first-order valence-electron chi connectivity index (χ1n) is 11.1. The lowest BCUT2D eigenvalue weighted by molar-refractivity contribution is -0.130. The molecule has 0 saturated carbocycles. The molecular weight excluding hydrogens is 507 g/mol. The van der Waals surface area contributed by atoms with Crippen LogP contribution in [-0.2, 0) is 14.9 Å². The van der Waals surface area contributed by atoms with Gasteiger partial charge in [-0.2, -0.15) is 0 Å². The molecular formula is C23H39IN4O3. The van der Waals surface area contributed by atoms with Crippen molar-refractivity contribution in [1.29, 1.82) is 0 Å². The van der Waals surface area contributed by atoms with Crippen molar-refractivity contribution >= 4 is 35.8 Å². The van der Waals surface area contributed by atoms with Gasteiger partial charge >= 0.3 is 0 Å². The number of rotatable bonds is 10. The van der Waals surface area contributed by atoms with Gasteiger partial charge in [0.15, 0.2) is 5.96 Å². The van der Waals surface area contributed by atoms with E-state index in [0.29, 0.717) is 19.5 Å². The van der Waals surface area contributed by atoms with Crippen LogP contribution in [0.15, 0.2) is 29.3 Å². The fourth-order valence-electron chi connectivity index (χ4n) is 3.84. The molecule has 1 aromatic rings. The zero-order valence-corrected chi connectivity index (χ0v) is 21.7. The van der Waals surface area contributed by atoms with Crippen LogP contribution in [0, 0.1) is 0 Å². The highest BCUT2D eigenvalue weighted by Gasteiger charge is 2.34. The molecule has 2 N–H and O–H groups in total. The molecule has 1 aliphatic heterocycles. The largest absolute Gasteiger partial charge is 0.497 e. The highest BCUT2D eigenvalue weighted by atomic mass is 127. The van der Waals surface area contributed by atoms with E-state index in [2.05, 4.69) is 22.8 Å². The van der Waals surface area contributed by atoms with Crippen molar-refractivity contribution < 1.29 is 14.3 Å². The van der Waals surface area contributed by atoms with Crippen molar-refractivity contribution in [2.75, 3.05) is 53.0 Å². The summed E-state index contributed by atoms with van der Waals surface area (Å²) < 4.78 is 10.9. The highest BCUT2D eigenvalue weighted by Crippen LogP contribution is 2.36. The monoisotopic (exact) mass is 546 g/mol. The number of benzene rings is 1. The number of halogens is 1. The number of ether oxygens (including phenoxy) is 2. The molecule has 7 nitrogen and oxygen atoms in total. The van der Waals surface area contributed by atoms with E-state index in [0.717, 1.165) is 57.4 Å². The standard InChI is InChI=1S/C23H38N4O3.HI/c1-5-24-22(25-15-12-21(28)27(6-2)7-3)26-18-23(13-16-30-17-14-23)19-8-10-20(29-4)11-9-19;/h8-11H,5-7,12-18H2,1-4H3,(H2,24,25,26);1H. The van der Waals surface area contributed by atoms with Crippen LogP contribution >= 0.6 is 24.0 Å². The molecule has 1 amide bonds. The number of carbonyl (C=O) groups is 1. The van der Waals surface area contributed by atoms with Crippen LogP contribution < -0.4 is 15.4 Å². The predicted octanol–water partition coefficient (Wildman–Crippen LogP) is 3.18. The van der Waals surface area contributed by atoms with Crippen LogP contribution in [0.1, 0.15) is 45.6 Å². The molecule has 8 heteroatoms. The highest BCUT2D eigenvalue weighted by molar-refractivity contribution is 14.0. The summed E-state index contributed by atoms with van der Waals surface area (Å²) in [5.41, 5.74) is 1.21. The maximum absolute atomic E-state index is 12.2. The normalized spacial score (nSPS) is 15.5. The Morgan fingerprint density at radius 3 is 2.32 bits per heavy atom. The Morgan fingerprint density at radius 1 is 1.13 bits per heavy atom. The maximum Gasteiger partial charge on any atom is 0.224 e. The van der Waals surface area contributed by atoms with Crippen LogP contribution in [0.5, 0.6) is 5.75 Å². The van der Waals surface area contributed by atoms with Gasteiger partial charge < -0.3 is 25.0 Å². The Kier molecular flexibility index (Phi) is 12.9. The zero-order valence-electron chi connectivity index (χ0n) is 19.4. The van der Waals surface area contributed by atoms with Gasteiger partial charge in [-0.25, -0.2) is 0 Å². The van der Waals surface area contributed by atoms with E-state index < -0.39 is 0 Å². The van der Waals surface area contributed by atoms with Crippen molar-refractivity contribution in [2.45, 2.75) is 45.4 Å². The molecule has 1 saturated heterocycles. The van der Waals surface area contributed by atoms with Gasteiger partial charge in [0.2, 0.25) is 5.91 Å². The summed E-state index contributed by atoms with van der Waals surface area (Å²) in [6.45, 7) is 11.0. The summed E-state index contributed by atoms with van der Waals surface area (Å²) in [6, 6.07) is 8.31. The summed E-state index contributed by atoms with van der Waals surface area (Å²) in [4.78, 5) is 19.0. The first kappa shape index (κ1) is 27.5. The van der Waals surface area contributed by atoms with Gasteiger partial charge in [0.1, 0.15) is 5.75 Å². The second-order valence-corrected chi connectivity index (χ2v) is 7.56. The molecule has 0 aliphatic carbocycles. The number of methoxy groups -OCH3 is 1. The van der Waals surface area contributed by atoms with Gasteiger partial charge in [-0.3, -0.25) is 9.79 Å². The van der Waals surface area contributed by atoms with Gasteiger partial charge in [-0.15, -0.1) is 24.0 Å². The molecule has 1 heterocycles. The number of aliphatic imine (C=N–C) groups is 1. The molecule has 1 fully saturated rings. The van der Waals surface area contributed by atoms with Crippen LogP contribution in [0.4, 0.5) is 0 Å². The van der Waals surface area contributed by atoms with Gasteiger partial charge in [-0.1, -0.05) is 12.1 Å². The Balaban J connectivity index is 0.00000480. The van der Waals surface area contributed by atoms with Crippen molar-refractivity contribution in [3.8, 4) is 5.75 Å². The number of hydrogen-bond donors (Lipinski definition) is 2. The molecule has 0 radical (unpaired) electrons. The number of nitrogens with zero attached hydrogens (tertiary/aromatic N) is 2. The minimum absolute atomic E-state index is 0. The molecule has 0 unspecified atom stereocenters. The smallest absolute Gasteiger partial charge is 0.224 e. The van der Waals surface area contributed by atoms with Crippen LogP contribution in [0.25, 0.3) is 0 Å². The van der Waals surface area contributed by atoms with Gasteiger partial charge in [0.25, 0.3) is 0 Å². The van der Waals surface area contributed by atoms with Crippen molar-refractivity contribution in [3.63, 3.8) is 0 Å². The Morgan fingerprint density at radius 2 is 1.77 bits per heavy atom. The lowest BCUT2D eigenvalue weighted by Crippen LogP contribution is -2.42. The van der Waals surface area contributed by atoms with E-state index >= 15 is 0 Å². The Bertz CT molecular complexity index is 672. The lowest BCUT2D eigenvalue weighted by atomic mass is 9.74. The van der Waals surface area contributed by atoms with Gasteiger partial charge in [-0.05, 0) is 51.3 Å². The minimum atomic E-state index is -0.0517. The van der Waals surface area contributed by atoms with Gasteiger partial charge in [0.05, 0.1) is 13.7 Å². The minimum Gasteiger partial charge on any atom is -0.497 e. The summed E-state index contributed by atoms with van der Waals surface area (Å²) in [6.07, 6.45) is 2.33. The lowest BCUT2D eigenvalue weighted by Gasteiger charge is -2.36. The fraction of sp³-hybridized carbons (Fsp3) is 0.652. The fourth-order valence-corrected chi connectivity index (χ4v) is 3.84. The van der Waals surface area contributed by atoms with E-state index in [4.69, 9.17) is 14.5 Å². The van der Waals surface area contributed by atoms with E-state index in [9.17, 15) is 4.79 Å². The van der Waals surface area contributed by atoms with Crippen LogP contribution in [-0.4, -0.2) is 69.8 Å². The quantitative estimate of drug-likeness (QED) is 0.268. The average molecular weight is 546 g/mol. The zero-order chi connectivity index (χ0) is 21.8. The molecule has 0 spiro atoms. The van der Waals surface area contributed by atoms with Crippen molar-refractivity contribution in [3.05, 3.63) is 29.8 Å². The maximum atomic E-state index is 12.2. The first-order valence-corrected chi connectivity index (χ1v) is 11.1. The molecule has 1 aromatic carbocycles. The van der Waals surface area contributed by atoms with Gasteiger partial charge in [0, 0.05) is 51.2 Å². The third-order valence-electron chi connectivity index (χ3n) is 5.78. The number of hydrogen-bond acceptors (Lipinski definition) is 4. The third kappa shape index (κ3) is 8.14. The topological polar surface area (TPSA) is 75.2 Å². The molecule has 1 aliphatic rings. The van der Waals surface area contributed by atoms with Crippen LogP contribution in [0.3, 0.4) is 0 Å². The third-order valence-corrected chi connectivity index (χ3v) is 5.78. The molecule has 0 atom stereocenters. The van der Waals surface area contributed by atoms with Crippen molar-refractivity contribution in [2.24, 2.45) is 4.99 Å². The Hall–Kier alpha value is -1.55. The van der Waals surface area contributed by atoms with E-state index in [-0.39, 0.29) is 35.3 Å². The number of nitrogens with one attached hydrogen (secondary N) is 2. The molecule has 0 aromatic heterocycles. The Labute approximate surface area is 204 Å². The summed E-state index contributed by atoms with van der Waals surface area (Å²) in [5, 5.41) is 6.62.